The molecule has 0 radical (unpaired) electrons. The zero-order valence-corrected chi connectivity index (χ0v) is 15.6. The van der Waals surface area contributed by atoms with E-state index in [1.54, 1.807) is 12.1 Å². The normalized spacial score (nSPS) is 13.9. The zero-order chi connectivity index (χ0) is 17.9. The first-order valence-electron chi connectivity index (χ1n) is 8.70. The van der Waals surface area contributed by atoms with E-state index in [0.29, 0.717) is 17.1 Å². The van der Waals surface area contributed by atoms with Crippen LogP contribution in [0.1, 0.15) is 0 Å². The second kappa shape index (κ2) is 8.24. The van der Waals surface area contributed by atoms with E-state index in [4.69, 9.17) is 5.73 Å². The Bertz CT molecular complexity index is 911. The number of hydrogen-bond donors (Lipinski definition) is 3. The number of nitrogens with zero attached hydrogens (tertiary/aromatic N) is 3. The van der Waals surface area contributed by atoms with Crippen LogP contribution in [0.3, 0.4) is 0 Å². The molecule has 1 aliphatic rings. The Morgan fingerprint density at radius 2 is 1.63 bits per heavy atom. The molecule has 0 saturated carbocycles. The van der Waals surface area contributed by atoms with Gasteiger partial charge in [0.2, 0.25) is 0 Å². The molecular formula is C20H22ClN5O. The molecule has 27 heavy (non-hydrogen) atoms. The summed E-state index contributed by atoms with van der Waals surface area (Å²) in [6.45, 7) is 4.03. The van der Waals surface area contributed by atoms with Gasteiger partial charge in [-0.15, -0.1) is 22.6 Å². The highest BCUT2D eigenvalue weighted by Gasteiger charge is 2.13. The molecule has 0 unspecified atom stereocenters. The van der Waals surface area contributed by atoms with Crippen LogP contribution in [0.4, 0.5) is 11.5 Å². The molecule has 1 aromatic heterocycles. The third-order valence-electron chi connectivity index (χ3n) is 4.66. The SMILES string of the molecule is Cl.Nc1nnc(-c2ccccc2O)cc1-c1ccc(N2CCNCC2)cc1. The van der Waals surface area contributed by atoms with Gasteiger partial charge in [-0.2, -0.15) is 0 Å². The van der Waals surface area contributed by atoms with E-state index in [2.05, 4.69) is 44.7 Å². The number of nitrogens with one attached hydrogen (secondary N) is 1. The first kappa shape index (κ1) is 18.9. The monoisotopic (exact) mass is 383 g/mol. The molecule has 0 atom stereocenters. The fraction of sp³-hybridized carbons (Fsp3) is 0.200. The number of aromatic hydroxyl groups is 1. The molecule has 1 aliphatic heterocycles. The highest BCUT2D eigenvalue weighted by molar-refractivity contribution is 5.85. The fourth-order valence-corrected chi connectivity index (χ4v) is 3.23. The summed E-state index contributed by atoms with van der Waals surface area (Å²) in [6, 6.07) is 17.3. The summed E-state index contributed by atoms with van der Waals surface area (Å²) in [6.07, 6.45) is 0. The number of benzene rings is 2. The summed E-state index contributed by atoms with van der Waals surface area (Å²) in [5, 5.41) is 21.6. The maximum atomic E-state index is 10.1. The molecule has 0 aliphatic carbocycles. The van der Waals surface area contributed by atoms with Gasteiger partial charge in [-0.3, -0.25) is 0 Å². The Labute approximate surface area is 164 Å². The highest BCUT2D eigenvalue weighted by atomic mass is 35.5. The van der Waals surface area contributed by atoms with Crippen LogP contribution in [-0.2, 0) is 0 Å². The Kier molecular flexibility index (Phi) is 5.78. The predicted octanol–water partition coefficient (Wildman–Crippen LogP) is 2.93. The lowest BCUT2D eigenvalue weighted by Gasteiger charge is -2.29. The number of anilines is 2. The molecule has 4 N–H and O–H groups in total. The number of para-hydroxylation sites is 1. The Balaban J connectivity index is 0.00000210. The molecule has 0 bridgehead atoms. The molecule has 2 aromatic carbocycles. The van der Waals surface area contributed by atoms with Crippen molar-refractivity contribution in [1.82, 2.24) is 15.5 Å². The predicted molar refractivity (Wildman–Crippen MR) is 111 cm³/mol. The minimum absolute atomic E-state index is 0. The van der Waals surface area contributed by atoms with Crippen molar-refractivity contribution in [2.75, 3.05) is 36.8 Å². The van der Waals surface area contributed by atoms with E-state index in [1.165, 1.54) is 5.69 Å². The number of halogens is 1. The number of rotatable bonds is 3. The number of hydrogen-bond acceptors (Lipinski definition) is 6. The lowest BCUT2D eigenvalue weighted by molar-refractivity contribution is 0.477. The van der Waals surface area contributed by atoms with Gasteiger partial charge in [0.05, 0.1) is 5.69 Å². The van der Waals surface area contributed by atoms with Gasteiger partial charge >= 0.3 is 0 Å². The van der Waals surface area contributed by atoms with Crippen LogP contribution in [0.5, 0.6) is 5.75 Å². The number of piperazine rings is 1. The number of phenolic OH excluding ortho intramolecular Hbond substituents is 1. The van der Waals surface area contributed by atoms with Gasteiger partial charge in [0.1, 0.15) is 5.75 Å². The highest BCUT2D eigenvalue weighted by Crippen LogP contribution is 2.32. The summed E-state index contributed by atoms with van der Waals surface area (Å²) in [5.41, 5.74) is 10.3. The summed E-state index contributed by atoms with van der Waals surface area (Å²) >= 11 is 0. The topological polar surface area (TPSA) is 87.3 Å². The lowest BCUT2D eigenvalue weighted by atomic mass is 10.0. The zero-order valence-electron chi connectivity index (χ0n) is 14.8. The summed E-state index contributed by atoms with van der Waals surface area (Å²) < 4.78 is 0. The van der Waals surface area contributed by atoms with Crippen molar-refractivity contribution in [3.8, 4) is 28.1 Å². The molecule has 1 saturated heterocycles. The van der Waals surface area contributed by atoms with Gasteiger partial charge in [0, 0.05) is 43.0 Å². The van der Waals surface area contributed by atoms with Crippen molar-refractivity contribution in [2.24, 2.45) is 0 Å². The van der Waals surface area contributed by atoms with Crippen LogP contribution in [0.25, 0.3) is 22.4 Å². The van der Waals surface area contributed by atoms with Crippen LogP contribution in [0, 0.1) is 0 Å². The maximum absolute atomic E-state index is 10.1. The Morgan fingerprint density at radius 1 is 0.926 bits per heavy atom. The Hall–Kier alpha value is -2.83. The first-order chi connectivity index (χ1) is 12.7. The van der Waals surface area contributed by atoms with Crippen LogP contribution < -0.4 is 16.0 Å². The third kappa shape index (κ3) is 3.97. The van der Waals surface area contributed by atoms with E-state index in [0.717, 1.165) is 37.3 Å². The molecule has 3 aromatic rings. The standard InChI is InChI=1S/C20H21N5O.ClH/c21-20-17(13-18(23-24-20)16-3-1-2-4-19(16)26)14-5-7-15(8-6-14)25-11-9-22-10-12-25;/h1-8,13,22,26H,9-12H2,(H2,21,24);1H. The average Bonchev–Trinajstić information content (AvgIpc) is 2.70. The number of nitrogen functional groups attached to an aromatic ring is 1. The largest absolute Gasteiger partial charge is 0.507 e. The second-order valence-corrected chi connectivity index (χ2v) is 6.33. The van der Waals surface area contributed by atoms with E-state index in [-0.39, 0.29) is 18.2 Å². The quantitative estimate of drug-likeness (QED) is 0.644. The molecule has 2 heterocycles. The van der Waals surface area contributed by atoms with Crippen LogP contribution in [-0.4, -0.2) is 41.5 Å². The van der Waals surface area contributed by atoms with Gasteiger partial charge in [-0.25, -0.2) is 0 Å². The molecule has 4 rings (SSSR count). The van der Waals surface area contributed by atoms with E-state index in [1.807, 2.05) is 18.2 Å². The van der Waals surface area contributed by atoms with Crippen molar-refractivity contribution in [1.29, 1.82) is 0 Å². The van der Waals surface area contributed by atoms with E-state index in [9.17, 15) is 5.11 Å². The number of aromatic nitrogens is 2. The number of nitrogens with two attached hydrogens (primary N) is 1. The van der Waals surface area contributed by atoms with Gasteiger partial charge in [-0.1, -0.05) is 24.3 Å². The Morgan fingerprint density at radius 3 is 2.33 bits per heavy atom. The van der Waals surface area contributed by atoms with Crippen molar-refractivity contribution in [2.45, 2.75) is 0 Å². The molecule has 7 heteroatoms. The molecule has 0 spiro atoms. The van der Waals surface area contributed by atoms with Crippen molar-refractivity contribution in [3.05, 3.63) is 54.6 Å². The van der Waals surface area contributed by atoms with Crippen molar-refractivity contribution < 1.29 is 5.11 Å². The lowest BCUT2D eigenvalue weighted by Crippen LogP contribution is -2.43. The fourth-order valence-electron chi connectivity index (χ4n) is 3.23. The van der Waals surface area contributed by atoms with Crippen molar-refractivity contribution >= 4 is 23.9 Å². The molecular weight excluding hydrogens is 362 g/mol. The van der Waals surface area contributed by atoms with Crippen LogP contribution in [0.2, 0.25) is 0 Å². The van der Waals surface area contributed by atoms with Gasteiger partial charge in [-0.05, 0) is 35.9 Å². The summed E-state index contributed by atoms with van der Waals surface area (Å²) in [5.74, 6) is 0.547. The average molecular weight is 384 g/mol. The molecule has 140 valence electrons. The molecule has 1 fully saturated rings. The van der Waals surface area contributed by atoms with Gasteiger partial charge in [0.15, 0.2) is 5.82 Å². The molecule has 0 amide bonds. The van der Waals surface area contributed by atoms with Crippen LogP contribution >= 0.6 is 12.4 Å². The molecule has 6 nitrogen and oxygen atoms in total. The second-order valence-electron chi connectivity index (χ2n) is 6.33. The van der Waals surface area contributed by atoms with Gasteiger partial charge < -0.3 is 21.1 Å². The van der Waals surface area contributed by atoms with Gasteiger partial charge in [0.25, 0.3) is 0 Å². The van der Waals surface area contributed by atoms with E-state index < -0.39 is 0 Å². The first-order valence-corrected chi connectivity index (χ1v) is 8.70. The van der Waals surface area contributed by atoms with Crippen molar-refractivity contribution in [3.63, 3.8) is 0 Å². The maximum Gasteiger partial charge on any atom is 0.154 e. The number of phenols is 1. The summed E-state index contributed by atoms with van der Waals surface area (Å²) in [7, 11) is 0. The van der Waals surface area contributed by atoms with Crippen LogP contribution in [0.15, 0.2) is 54.6 Å². The smallest absolute Gasteiger partial charge is 0.154 e. The summed E-state index contributed by atoms with van der Waals surface area (Å²) in [4.78, 5) is 2.36. The minimum atomic E-state index is 0. The minimum Gasteiger partial charge on any atom is -0.507 e. The third-order valence-corrected chi connectivity index (χ3v) is 4.66. The van der Waals surface area contributed by atoms with E-state index >= 15 is 0 Å².